The molecule has 0 aromatic carbocycles. The molecule has 60 valence electrons. The second-order valence-electron chi connectivity index (χ2n) is 3.38. The second-order valence-corrected chi connectivity index (χ2v) is 3.38. The molecule has 2 aliphatic rings. The lowest BCUT2D eigenvalue weighted by molar-refractivity contribution is -0.157. The quantitative estimate of drug-likeness (QED) is 0.420. The third-order valence-corrected chi connectivity index (χ3v) is 2.64. The average Bonchev–Trinajstić information content (AvgIpc) is 2.26. The van der Waals surface area contributed by atoms with Gasteiger partial charge in [-0.15, -0.1) is 0 Å². The van der Waals surface area contributed by atoms with Crippen molar-refractivity contribution in [2.24, 2.45) is 11.8 Å². The van der Waals surface area contributed by atoms with E-state index in [1.807, 2.05) is 0 Å². The molecule has 0 radical (unpaired) electrons. The molecule has 0 aliphatic heterocycles. The summed E-state index contributed by atoms with van der Waals surface area (Å²) in [6, 6.07) is 0. The molecule has 0 heterocycles. The zero-order valence-electron chi connectivity index (χ0n) is 6.62. The van der Waals surface area contributed by atoms with Crippen molar-refractivity contribution in [1.29, 1.82) is 0 Å². The summed E-state index contributed by atoms with van der Waals surface area (Å²) in [4.78, 5) is 10.6. The molecule has 0 bridgehead atoms. The third kappa shape index (κ3) is 1.06. The van der Waals surface area contributed by atoms with Gasteiger partial charge in [0.05, 0.1) is 0 Å². The minimum Gasteiger partial charge on any atom is -0.462 e. The fourth-order valence-electron chi connectivity index (χ4n) is 2.00. The molecule has 0 aromatic rings. The number of hydrogen-bond donors (Lipinski definition) is 0. The molecule has 11 heavy (non-hydrogen) atoms. The van der Waals surface area contributed by atoms with E-state index in [0.717, 1.165) is 12.8 Å². The van der Waals surface area contributed by atoms with Crippen LogP contribution in [0.15, 0.2) is 12.2 Å². The molecule has 0 aromatic heterocycles. The molecular weight excluding hydrogens is 140 g/mol. The summed E-state index contributed by atoms with van der Waals surface area (Å²) in [5.41, 5.74) is 0. The molecule has 0 spiro atoms. The fraction of sp³-hybridized carbons (Fsp3) is 0.667. The van der Waals surface area contributed by atoms with E-state index in [2.05, 4.69) is 12.2 Å². The predicted molar refractivity (Wildman–Crippen MR) is 40.9 cm³/mol. The minimum absolute atomic E-state index is 0.139. The van der Waals surface area contributed by atoms with Gasteiger partial charge in [0.2, 0.25) is 0 Å². The summed E-state index contributed by atoms with van der Waals surface area (Å²) in [5, 5.41) is 0. The Labute approximate surface area is 66.2 Å². The summed E-state index contributed by atoms with van der Waals surface area (Å²) in [5.74, 6) is 1.18. The van der Waals surface area contributed by atoms with Crippen LogP contribution in [-0.4, -0.2) is 12.1 Å². The lowest BCUT2D eigenvalue weighted by Crippen LogP contribution is -2.40. The summed E-state index contributed by atoms with van der Waals surface area (Å²) in [6.07, 6.45) is 6.79. The fourth-order valence-corrected chi connectivity index (χ4v) is 2.00. The standard InChI is InChI=1S/C9H12O2/c1-6(10)11-9-5-7-3-2-4-8(7)9/h2-3,7-9H,4-5H2,1H3/t7-,8-,9-/m0/s1. The van der Waals surface area contributed by atoms with Gasteiger partial charge in [-0.1, -0.05) is 12.2 Å². The van der Waals surface area contributed by atoms with Crippen molar-refractivity contribution in [3.8, 4) is 0 Å². The third-order valence-electron chi connectivity index (χ3n) is 2.64. The molecule has 0 N–H and O–H groups in total. The molecule has 3 atom stereocenters. The molecule has 2 rings (SSSR count). The molecule has 1 saturated carbocycles. The number of esters is 1. The van der Waals surface area contributed by atoms with Crippen molar-refractivity contribution in [2.75, 3.05) is 0 Å². The number of ether oxygens (including phenoxy) is 1. The van der Waals surface area contributed by atoms with Gasteiger partial charge in [0, 0.05) is 12.8 Å². The maximum atomic E-state index is 10.6. The van der Waals surface area contributed by atoms with E-state index in [-0.39, 0.29) is 12.1 Å². The smallest absolute Gasteiger partial charge is 0.302 e. The maximum absolute atomic E-state index is 10.6. The molecule has 1 fully saturated rings. The van der Waals surface area contributed by atoms with Crippen molar-refractivity contribution in [2.45, 2.75) is 25.9 Å². The van der Waals surface area contributed by atoms with Crippen molar-refractivity contribution in [3.63, 3.8) is 0 Å². The average molecular weight is 152 g/mol. The highest BCUT2D eigenvalue weighted by Crippen LogP contribution is 2.44. The Morgan fingerprint density at radius 1 is 1.64 bits per heavy atom. The first-order chi connectivity index (χ1) is 5.27. The van der Waals surface area contributed by atoms with Crippen molar-refractivity contribution >= 4 is 5.97 Å². The number of allylic oxidation sites excluding steroid dienone is 2. The Balaban J connectivity index is 1.88. The normalized spacial score (nSPS) is 39.5. The van der Waals surface area contributed by atoms with E-state index in [9.17, 15) is 4.79 Å². The SMILES string of the molecule is CC(=O)O[C@H]1C[C@@H]2C=CC[C@H]12. The van der Waals surface area contributed by atoms with E-state index in [1.54, 1.807) is 0 Å². The van der Waals surface area contributed by atoms with Crippen LogP contribution in [0.25, 0.3) is 0 Å². The molecule has 2 nitrogen and oxygen atoms in total. The minimum atomic E-state index is -0.139. The van der Waals surface area contributed by atoms with Crippen LogP contribution in [-0.2, 0) is 9.53 Å². The van der Waals surface area contributed by atoms with E-state index in [4.69, 9.17) is 4.74 Å². The van der Waals surface area contributed by atoms with Gasteiger partial charge in [-0.3, -0.25) is 4.79 Å². The van der Waals surface area contributed by atoms with Gasteiger partial charge < -0.3 is 4.74 Å². The lowest BCUT2D eigenvalue weighted by atomic mass is 9.73. The van der Waals surface area contributed by atoms with Gasteiger partial charge in [-0.25, -0.2) is 0 Å². The van der Waals surface area contributed by atoms with Gasteiger partial charge >= 0.3 is 5.97 Å². The molecule has 2 heteroatoms. The summed E-state index contributed by atoms with van der Waals surface area (Å²) < 4.78 is 5.12. The van der Waals surface area contributed by atoms with Crippen LogP contribution >= 0.6 is 0 Å². The van der Waals surface area contributed by atoms with Crippen LogP contribution in [0, 0.1) is 11.8 Å². The first-order valence-electron chi connectivity index (χ1n) is 4.11. The zero-order chi connectivity index (χ0) is 7.84. The van der Waals surface area contributed by atoms with Crippen LogP contribution in [0.2, 0.25) is 0 Å². The predicted octanol–water partition coefficient (Wildman–Crippen LogP) is 1.51. The Morgan fingerprint density at radius 3 is 3.09 bits per heavy atom. The topological polar surface area (TPSA) is 26.3 Å². The number of carbonyl (C=O) groups is 1. The van der Waals surface area contributed by atoms with Crippen molar-refractivity contribution < 1.29 is 9.53 Å². The van der Waals surface area contributed by atoms with E-state index < -0.39 is 0 Å². The summed E-state index contributed by atoms with van der Waals surface area (Å²) in [6.45, 7) is 1.48. The van der Waals surface area contributed by atoms with Crippen LogP contribution < -0.4 is 0 Å². The van der Waals surface area contributed by atoms with Gasteiger partial charge in [-0.2, -0.15) is 0 Å². The van der Waals surface area contributed by atoms with E-state index >= 15 is 0 Å². The van der Waals surface area contributed by atoms with Crippen LogP contribution in [0.1, 0.15) is 19.8 Å². The number of fused-ring (bicyclic) bond motifs is 1. The highest BCUT2D eigenvalue weighted by Gasteiger charge is 2.43. The number of carbonyl (C=O) groups excluding carboxylic acids is 1. The van der Waals surface area contributed by atoms with Gasteiger partial charge in [0.1, 0.15) is 6.10 Å². The molecule has 0 amide bonds. The van der Waals surface area contributed by atoms with Gasteiger partial charge in [-0.05, 0) is 18.8 Å². The van der Waals surface area contributed by atoms with Crippen molar-refractivity contribution in [1.82, 2.24) is 0 Å². The highest BCUT2D eigenvalue weighted by molar-refractivity contribution is 5.66. The zero-order valence-corrected chi connectivity index (χ0v) is 6.62. The monoisotopic (exact) mass is 152 g/mol. The Kier molecular flexibility index (Phi) is 1.48. The van der Waals surface area contributed by atoms with Crippen LogP contribution in [0.5, 0.6) is 0 Å². The molecule has 0 saturated heterocycles. The number of rotatable bonds is 1. The largest absolute Gasteiger partial charge is 0.462 e. The summed E-state index contributed by atoms with van der Waals surface area (Å²) in [7, 11) is 0. The summed E-state index contributed by atoms with van der Waals surface area (Å²) >= 11 is 0. The number of hydrogen-bond acceptors (Lipinski definition) is 2. The molecule has 0 unspecified atom stereocenters. The van der Waals surface area contributed by atoms with Crippen LogP contribution in [0.3, 0.4) is 0 Å². The lowest BCUT2D eigenvalue weighted by Gasteiger charge is -2.38. The van der Waals surface area contributed by atoms with Crippen molar-refractivity contribution in [3.05, 3.63) is 12.2 Å². The first kappa shape index (κ1) is 6.89. The maximum Gasteiger partial charge on any atom is 0.302 e. The first-order valence-corrected chi connectivity index (χ1v) is 4.11. The van der Waals surface area contributed by atoms with Gasteiger partial charge in [0.25, 0.3) is 0 Å². The van der Waals surface area contributed by atoms with Gasteiger partial charge in [0.15, 0.2) is 0 Å². The molecule has 2 aliphatic carbocycles. The van der Waals surface area contributed by atoms with Crippen LogP contribution in [0.4, 0.5) is 0 Å². The molecular formula is C9H12O2. The Morgan fingerprint density at radius 2 is 2.45 bits per heavy atom. The Hall–Kier alpha value is -0.790. The second kappa shape index (κ2) is 2.36. The van der Waals surface area contributed by atoms with E-state index in [0.29, 0.717) is 11.8 Å². The highest BCUT2D eigenvalue weighted by atomic mass is 16.5. The van der Waals surface area contributed by atoms with E-state index in [1.165, 1.54) is 6.92 Å². The Bertz CT molecular complexity index is 208.